The van der Waals surface area contributed by atoms with Crippen LogP contribution in [-0.4, -0.2) is 16.9 Å². The van der Waals surface area contributed by atoms with Crippen molar-refractivity contribution in [3.63, 3.8) is 0 Å². The van der Waals surface area contributed by atoms with Gasteiger partial charge >= 0.3 is 0 Å². The lowest BCUT2D eigenvalue weighted by atomic mass is 10.3. The molecule has 5 heteroatoms. The Labute approximate surface area is 127 Å². The van der Waals surface area contributed by atoms with Gasteiger partial charge in [-0.3, -0.25) is 0 Å². The molecular weight excluding hydrogens is 288 g/mol. The molecule has 21 heavy (non-hydrogen) atoms. The first kappa shape index (κ1) is 13.5. The van der Waals surface area contributed by atoms with E-state index in [0.29, 0.717) is 22.3 Å². The number of rotatable bonds is 4. The zero-order valence-electron chi connectivity index (χ0n) is 11.4. The van der Waals surface area contributed by atoms with Gasteiger partial charge in [0.05, 0.1) is 25.2 Å². The summed E-state index contributed by atoms with van der Waals surface area (Å²) in [6, 6.07) is 14.9. The molecule has 4 nitrogen and oxygen atoms in total. The molecule has 0 N–H and O–H groups in total. The minimum absolute atomic E-state index is 0.625. The summed E-state index contributed by atoms with van der Waals surface area (Å²) in [6.07, 6.45) is 3.44. The van der Waals surface area contributed by atoms with Crippen LogP contribution in [0.4, 0.5) is 0 Å². The molecule has 0 aliphatic carbocycles. The van der Waals surface area contributed by atoms with E-state index in [-0.39, 0.29) is 0 Å². The maximum absolute atomic E-state index is 5.98. The zero-order valence-corrected chi connectivity index (χ0v) is 12.1. The lowest BCUT2D eigenvalue weighted by Gasteiger charge is -2.07. The van der Waals surface area contributed by atoms with Crippen LogP contribution in [-0.2, 0) is 0 Å². The first-order valence-corrected chi connectivity index (χ1v) is 6.75. The molecule has 106 valence electrons. The molecule has 0 aliphatic rings. The molecular formula is C16H13ClN2O2. The molecule has 0 spiro atoms. The van der Waals surface area contributed by atoms with Crippen molar-refractivity contribution < 1.29 is 9.47 Å². The van der Waals surface area contributed by atoms with E-state index in [9.17, 15) is 0 Å². The van der Waals surface area contributed by atoms with Gasteiger partial charge in [-0.15, -0.1) is 0 Å². The maximum Gasteiger partial charge on any atom is 0.169 e. The van der Waals surface area contributed by atoms with Crippen LogP contribution in [0.3, 0.4) is 0 Å². The minimum atomic E-state index is 0.625. The highest BCUT2D eigenvalue weighted by atomic mass is 35.5. The first-order valence-electron chi connectivity index (χ1n) is 6.38. The lowest BCUT2D eigenvalue weighted by Crippen LogP contribution is -1.93. The predicted octanol–water partition coefficient (Wildman–Crippen LogP) is 4.33. The highest BCUT2D eigenvalue weighted by Gasteiger charge is 2.07. The average Bonchev–Trinajstić information content (AvgIpc) is 2.96. The van der Waals surface area contributed by atoms with E-state index in [1.807, 2.05) is 48.5 Å². The Kier molecular flexibility index (Phi) is 3.79. The number of aromatic nitrogens is 2. The fourth-order valence-electron chi connectivity index (χ4n) is 1.95. The second-order valence-corrected chi connectivity index (χ2v) is 4.79. The Morgan fingerprint density at radius 2 is 1.86 bits per heavy atom. The molecule has 0 atom stereocenters. The quantitative estimate of drug-likeness (QED) is 0.719. The van der Waals surface area contributed by atoms with Crippen LogP contribution in [0, 0.1) is 0 Å². The van der Waals surface area contributed by atoms with Gasteiger partial charge in [0.25, 0.3) is 0 Å². The van der Waals surface area contributed by atoms with Crippen molar-refractivity contribution in [1.82, 2.24) is 9.78 Å². The van der Waals surface area contributed by atoms with E-state index < -0.39 is 0 Å². The van der Waals surface area contributed by atoms with Gasteiger partial charge in [-0.1, -0.05) is 29.8 Å². The van der Waals surface area contributed by atoms with Gasteiger partial charge in [0, 0.05) is 5.02 Å². The molecule has 0 amide bonds. The summed E-state index contributed by atoms with van der Waals surface area (Å²) in [7, 11) is 1.61. The van der Waals surface area contributed by atoms with Crippen LogP contribution in [0.1, 0.15) is 0 Å². The van der Waals surface area contributed by atoms with Gasteiger partial charge < -0.3 is 9.47 Å². The van der Waals surface area contributed by atoms with Gasteiger partial charge in [0.1, 0.15) is 0 Å². The highest BCUT2D eigenvalue weighted by molar-refractivity contribution is 6.30. The zero-order chi connectivity index (χ0) is 14.7. The standard InChI is InChI=1S/C16H13ClN2O2/c1-20-15-7-2-3-8-16(15)21-14-10-18-19(11-14)13-6-4-5-12(17)9-13/h2-11H,1H3. The number of hydrogen-bond donors (Lipinski definition) is 0. The number of hydrogen-bond acceptors (Lipinski definition) is 3. The van der Waals surface area contributed by atoms with Crippen LogP contribution >= 0.6 is 11.6 Å². The molecule has 0 fully saturated rings. The molecule has 0 aliphatic heterocycles. The second kappa shape index (κ2) is 5.89. The molecule has 2 aromatic carbocycles. The Balaban J connectivity index is 1.85. The summed E-state index contributed by atoms with van der Waals surface area (Å²) in [4.78, 5) is 0. The molecule has 0 saturated carbocycles. The van der Waals surface area contributed by atoms with Crippen molar-refractivity contribution >= 4 is 11.6 Å². The van der Waals surface area contributed by atoms with Gasteiger partial charge in [-0.25, -0.2) is 4.68 Å². The summed E-state index contributed by atoms with van der Waals surface area (Å²) < 4.78 is 12.8. The summed E-state index contributed by atoms with van der Waals surface area (Å²) in [6.45, 7) is 0. The SMILES string of the molecule is COc1ccccc1Oc1cnn(-c2cccc(Cl)c2)c1. The minimum Gasteiger partial charge on any atom is -0.493 e. The number of para-hydroxylation sites is 2. The van der Waals surface area contributed by atoms with Crippen LogP contribution in [0.15, 0.2) is 60.9 Å². The van der Waals surface area contributed by atoms with Crippen LogP contribution in [0.2, 0.25) is 5.02 Å². The smallest absolute Gasteiger partial charge is 0.169 e. The normalized spacial score (nSPS) is 10.4. The Morgan fingerprint density at radius 3 is 2.62 bits per heavy atom. The van der Waals surface area contributed by atoms with E-state index in [2.05, 4.69) is 5.10 Å². The first-order chi connectivity index (χ1) is 10.3. The predicted molar refractivity (Wildman–Crippen MR) is 81.6 cm³/mol. The summed E-state index contributed by atoms with van der Waals surface area (Å²) in [5.74, 6) is 1.94. The molecule has 0 saturated heterocycles. The largest absolute Gasteiger partial charge is 0.493 e. The summed E-state index contributed by atoms with van der Waals surface area (Å²) in [5, 5.41) is 4.93. The average molecular weight is 301 g/mol. The van der Waals surface area contributed by atoms with Crippen molar-refractivity contribution in [3.8, 4) is 22.9 Å². The Hall–Kier alpha value is -2.46. The summed E-state index contributed by atoms with van der Waals surface area (Å²) in [5.41, 5.74) is 0.873. The van der Waals surface area contributed by atoms with Crippen molar-refractivity contribution in [2.75, 3.05) is 7.11 Å². The van der Waals surface area contributed by atoms with Crippen LogP contribution in [0.25, 0.3) is 5.69 Å². The number of methoxy groups -OCH3 is 1. The molecule has 1 heterocycles. The third-order valence-electron chi connectivity index (χ3n) is 2.93. The van der Waals surface area contributed by atoms with Gasteiger partial charge in [-0.2, -0.15) is 5.10 Å². The second-order valence-electron chi connectivity index (χ2n) is 4.35. The fourth-order valence-corrected chi connectivity index (χ4v) is 2.13. The van der Waals surface area contributed by atoms with Gasteiger partial charge in [0.15, 0.2) is 17.2 Å². The van der Waals surface area contributed by atoms with E-state index in [1.54, 1.807) is 24.2 Å². The molecule has 0 radical (unpaired) electrons. The number of halogens is 1. The highest BCUT2D eigenvalue weighted by Crippen LogP contribution is 2.31. The van der Waals surface area contributed by atoms with Gasteiger partial charge in [0.2, 0.25) is 0 Å². The van der Waals surface area contributed by atoms with E-state index in [1.165, 1.54) is 0 Å². The molecule has 0 unspecified atom stereocenters. The fraction of sp³-hybridized carbons (Fsp3) is 0.0625. The molecule has 1 aromatic heterocycles. The van der Waals surface area contributed by atoms with Gasteiger partial charge in [-0.05, 0) is 30.3 Å². The van der Waals surface area contributed by atoms with E-state index >= 15 is 0 Å². The molecule has 0 bridgehead atoms. The maximum atomic E-state index is 5.98. The molecule has 3 rings (SSSR count). The lowest BCUT2D eigenvalue weighted by molar-refractivity contribution is 0.379. The number of benzene rings is 2. The third-order valence-corrected chi connectivity index (χ3v) is 3.16. The summed E-state index contributed by atoms with van der Waals surface area (Å²) >= 11 is 5.98. The topological polar surface area (TPSA) is 36.3 Å². The third kappa shape index (κ3) is 3.01. The van der Waals surface area contributed by atoms with E-state index in [4.69, 9.17) is 21.1 Å². The Bertz CT molecular complexity index is 755. The van der Waals surface area contributed by atoms with Crippen LogP contribution in [0.5, 0.6) is 17.2 Å². The van der Waals surface area contributed by atoms with Crippen molar-refractivity contribution in [3.05, 3.63) is 65.9 Å². The monoisotopic (exact) mass is 300 g/mol. The Morgan fingerprint density at radius 1 is 1.05 bits per heavy atom. The van der Waals surface area contributed by atoms with Crippen LogP contribution < -0.4 is 9.47 Å². The number of ether oxygens (including phenoxy) is 2. The van der Waals surface area contributed by atoms with Crippen molar-refractivity contribution in [1.29, 1.82) is 0 Å². The molecule has 3 aromatic rings. The van der Waals surface area contributed by atoms with E-state index in [0.717, 1.165) is 5.69 Å². The van der Waals surface area contributed by atoms with Crippen molar-refractivity contribution in [2.45, 2.75) is 0 Å². The van der Waals surface area contributed by atoms with Crippen molar-refractivity contribution in [2.24, 2.45) is 0 Å². The number of nitrogens with zero attached hydrogens (tertiary/aromatic N) is 2.